The van der Waals surface area contributed by atoms with Crippen molar-refractivity contribution >= 4 is 6.09 Å². The van der Waals surface area contributed by atoms with Crippen LogP contribution < -0.4 is 10.6 Å². The average Bonchev–Trinajstić information content (AvgIpc) is 2.86. The second kappa shape index (κ2) is 6.55. The predicted octanol–water partition coefficient (Wildman–Crippen LogP) is 3.46. The van der Waals surface area contributed by atoms with Crippen molar-refractivity contribution < 1.29 is 9.53 Å². The monoisotopic (exact) mass is 296 g/mol. The number of hydrogen-bond acceptors (Lipinski definition) is 3. The van der Waals surface area contributed by atoms with Crippen LogP contribution in [0.15, 0.2) is 0 Å². The Balaban J connectivity index is 2.03. The van der Waals surface area contributed by atoms with Crippen molar-refractivity contribution in [1.29, 1.82) is 0 Å². The number of alkyl carbamates (subject to hydrolysis) is 1. The molecule has 2 N–H and O–H groups in total. The number of amides is 1. The summed E-state index contributed by atoms with van der Waals surface area (Å²) in [5.41, 5.74) is -0.480. The fraction of sp³-hybridized carbons (Fsp3) is 0.941. The minimum absolute atomic E-state index is 0.0512. The first-order chi connectivity index (χ1) is 9.82. The van der Waals surface area contributed by atoms with Crippen molar-refractivity contribution in [2.45, 2.75) is 77.4 Å². The fourth-order valence-corrected chi connectivity index (χ4v) is 4.00. The number of carbonyl (C=O) groups excluding carboxylic acids is 1. The third-order valence-corrected chi connectivity index (χ3v) is 5.21. The molecule has 1 saturated carbocycles. The van der Waals surface area contributed by atoms with Gasteiger partial charge in [0.25, 0.3) is 0 Å². The van der Waals surface area contributed by atoms with E-state index in [4.69, 9.17) is 4.74 Å². The Morgan fingerprint density at radius 3 is 2.33 bits per heavy atom. The lowest BCUT2D eigenvalue weighted by Gasteiger charge is -2.42. The summed E-state index contributed by atoms with van der Waals surface area (Å²) in [6, 6.07) is 0. The van der Waals surface area contributed by atoms with E-state index in [-0.39, 0.29) is 11.6 Å². The van der Waals surface area contributed by atoms with Gasteiger partial charge in [0.15, 0.2) is 0 Å². The first kappa shape index (κ1) is 16.6. The molecule has 0 aromatic carbocycles. The van der Waals surface area contributed by atoms with Crippen molar-refractivity contribution in [3.05, 3.63) is 0 Å². The molecule has 1 amide bonds. The third kappa shape index (κ3) is 4.35. The molecule has 1 heterocycles. The zero-order valence-electron chi connectivity index (χ0n) is 14.1. The van der Waals surface area contributed by atoms with Crippen LogP contribution in [-0.4, -0.2) is 30.3 Å². The van der Waals surface area contributed by atoms with E-state index in [9.17, 15) is 4.79 Å². The molecule has 1 atom stereocenters. The van der Waals surface area contributed by atoms with Gasteiger partial charge in [0, 0.05) is 5.54 Å². The molecule has 122 valence electrons. The second-order valence-electron chi connectivity index (χ2n) is 7.87. The van der Waals surface area contributed by atoms with Crippen LogP contribution in [0.25, 0.3) is 0 Å². The zero-order chi connectivity index (χ0) is 15.5. The fourth-order valence-electron chi connectivity index (χ4n) is 4.00. The summed E-state index contributed by atoms with van der Waals surface area (Å²) in [7, 11) is 0. The summed E-state index contributed by atoms with van der Waals surface area (Å²) >= 11 is 0. The van der Waals surface area contributed by atoms with E-state index in [0.29, 0.717) is 11.8 Å². The van der Waals surface area contributed by atoms with E-state index in [1.54, 1.807) is 0 Å². The van der Waals surface area contributed by atoms with Crippen molar-refractivity contribution in [1.82, 2.24) is 10.6 Å². The molecule has 0 bridgehead atoms. The summed E-state index contributed by atoms with van der Waals surface area (Å²) in [5, 5.41) is 6.70. The van der Waals surface area contributed by atoms with Crippen LogP contribution in [0.1, 0.15) is 66.2 Å². The van der Waals surface area contributed by atoms with E-state index < -0.39 is 5.60 Å². The highest BCUT2D eigenvalue weighted by atomic mass is 16.6. The maximum Gasteiger partial charge on any atom is 0.408 e. The molecule has 0 spiro atoms. The lowest BCUT2D eigenvalue weighted by Crippen LogP contribution is -2.55. The largest absolute Gasteiger partial charge is 0.444 e. The molecule has 0 radical (unpaired) electrons. The molecule has 4 heteroatoms. The van der Waals surface area contributed by atoms with E-state index in [1.807, 2.05) is 20.8 Å². The van der Waals surface area contributed by atoms with Gasteiger partial charge < -0.3 is 15.4 Å². The van der Waals surface area contributed by atoms with Crippen LogP contribution in [0.2, 0.25) is 0 Å². The van der Waals surface area contributed by atoms with Gasteiger partial charge in [-0.15, -0.1) is 0 Å². The van der Waals surface area contributed by atoms with Gasteiger partial charge in [0.1, 0.15) is 5.60 Å². The van der Waals surface area contributed by atoms with Crippen LogP contribution in [0.3, 0.4) is 0 Å². The molecule has 0 aromatic rings. The molecular weight excluding hydrogens is 264 g/mol. The number of carbonyl (C=O) groups is 1. The van der Waals surface area contributed by atoms with Crippen LogP contribution in [0.4, 0.5) is 4.79 Å². The van der Waals surface area contributed by atoms with Gasteiger partial charge in [0.2, 0.25) is 0 Å². The van der Waals surface area contributed by atoms with Gasteiger partial charge >= 0.3 is 6.09 Å². The van der Waals surface area contributed by atoms with E-state index in [1.165, 1.54) is 25.7 Å². The Morgan fingerprint density at radius 1 is 1.24 bits per heavy atom. The summed E-state index contributed by atoms with van der Waals surface area (Å²) in [6.07, 6.45) is 6.81. The summed E-state index contributed by atoms with van der Waals surface area (Å²) in [5.74, 6) is 1.23. The first-order valence-corrected chi connectivity index (χ1v) is 8.54. The van der Waals surface area contributed by atoms with Gasteiger partial charge in [-0.05, 0) is 71.4 Å². The molecule has 2 aliphatic rings. The quantitative estimate of drug-likeness (QED) is 0.838. The molecule has 4 nitrogen and oxygen atoms in total. The Bertz CT molecular complexity index is 350. The van der Waals surface area contributed by atoms with Gasteiger partial charge in [-0.2, -0.15) is 0 Å². The number of hydrogen-bond donors (Lipinski definition) is 2. The van der Waals surface area contributed by atoms with Gasteiger partial charge in [-0.1, -0.05) is 19.8 Å². The highest BCUT2D eigenvalue weighted by Crippen LogP contribution is 2.41. The maximum absolute atomic E-state index is 12.3. The van der Waals surface area contributed by atoms with Crippen LogP contribution in [0, 0.1) is 11.8 Å². The van der Waals surface area contributed by atoms with Gasteiger partial charge in [0.05, 0.1) is 0 Å². The lowest BCUT2D eigenvalue weighted by atomic mass is 9.72. The summed E-state index contributed by atoms with van der Waals surface area (Å²) < 4.78 is 5.50. The smallest absolute Gasteiger partial charge is 0.408 e. The van der Waals surface area contributed by atoms with Crippen LogP contribution in [-0.2, 0) is 4.74 Å². The van der Waals surface area contributed by atoms with Crippen molar-refractivity contribution in [2.75, 3.05) is 13.1 Å². The van der Waals surface area contributed by atoms with E-state index >= 15 is 0 Å². The van der Waals surface area contributed by atoms with Crippen molar-refractivity contribution in [3.63, 3.8) is 0 Å². The molecule has 0 aromatic heterocycles. The lowest BCUT2D eigenvalue weighted by molar-refractivity contribution is 0.0367. The second-order valence-corrected chi connectivity index (χ2v) is 7.87. The minimum Gasteiger partial charge on any atom is -0.444 e. The molecule has 1 aliphatic carbocycles. The SMILES string of the molecule is CC(C1CCNCC1)C1(NC(=O)OC(C)(C)C)CCCC1. The molecule has 2 rings (SSSR count). The molecular formula is C17H32N2O2. The summed E-state index contributed by atoms with van der Waals surface area (Å²) in [6.45, 7) is 10.3. The minimum atomic E-state index is -0.429. The first-order valence-electron chi connectivity index (χ1n) is 8.54. The molecule has 1 unspecified atom stereocenters. The Hall–Kier alpha value is -0.770. The standard InChI is InChI=1S/C17H32N2O2/c1-13(14-7-11-18-12-8-14)17(9-5-6-10-17)19-15(20)21-16(2,3)4/h13-14,18H,5-12H2,1-4H3,(H,19,20). The molecule has 21 heavy (non-hydrogen) atoms. The molecule has 1 aliphatic heterocycles. The number of ether oxygens (including phenoxy) is 1. The predicted molar refractivity (Wildman–Crippen MR) is 85.3 cm³/mol. The number of piperidine rings is 1. The molecule has 1 saturated heterocycles. The Morgan fingerprint density at radius 2 is 1.81 bits per heavy atom. The maximum atomic E-state index is 12.3. The molecule has 2 fully saturated rings. The summed E-state index contributed by atoms with van der Waals surface area (Å²) in [4.78, 5) is 12.3. The zero-order valence-corrected chi connectivity index (χ0v) is 14.1. The van der Waals surface area contributed by atoms with Crippen molar-refractivity contribution in [2.24, 2.45) is 11.8 Å². The Kier molecular flexibility index (Phi) is 5.18. The third-order valence-electron chi connectivity index (χ3n) is 5.21. The Labute approximate surface area is 129 Å². The number of rotatable bonds is 3. The average molecular weight is 296 g/mol. The normalized spacial score (nSPS) is 24.6. The van der Waals surface area contributed by atoms with E-state index in [0.717, 1.165) is 25.9 Å². The highest BCUT2D eigenvalue weighted by molar-refractivity contribution is 5.69. The topological polar surface area (TPSA) is 50.4 Å². The number of nitrogens with one attached hydrogen (secondary N) is 2. The highest BCUT2D eigenvalue weighted by Gasteiger charge is 2.44. The van der Waals surface area contributed by atoms with Gasteiger partial charge in [-0.3, -0.25) is 0 Å². The van der Waals surface area contributed by atoms with Crippen molar-refractivity contribution in [3.8, 4) is 0 Å². The van der Waals surface area contributed by atoms with Crippen LogP contribution in [0.5, 0.6) is 0 Å². The van der Waals surface area contributed by atoms with Gasteiger partial charge in [-0.25, -0.2) is 4.79 Å². The van der Waals surface area contributed by atoms with E-state index in [2.05, 4.69) is 17.6 Å². The van der Waals surface area contributed by atoms with Crippen LogP contribution >= 0.6 is 0 Å².